The Hall–Kier alpha value is -2.76. The average Bonchev–Trinajstić information content (AvgIpc) is 2.91. The van der Waals surface area contributed by atoms with Crippen molar-refractivity contribution in [2.75, 3.05) is 0 Å². The van der Waals surface area contributed by atoms with Crippen LogP contribution >= 0.6 is 0 Å². The molecule has 0 aliphatic carbocycles. The first kappa shape index (κ1) is 14.2. The Morgan fingerprint density at radius 3 is 2.41 bits per heavy atom. The van der Waals surface area contributed by atoms with Crippen LogP contribution in [-0.2, 0) is 6.18 Å². The van der Waals surface area contributed by atoms with Crippen LogP contribution in [-0.4, -0.2) is 11.3 Å². The molecular weight excluding hydrogens is 295 g/mol. The molecule has 0 aliphatic rings. The number of carbonyl (C=O) groups excluding carboxylic acids is 1. The number of fused-ring (bicyclic) bond motifs is 1. The number of H-pyrrole nitrogens is 1. The summed E-state index contributed by atoms with van der Waals surface area (Å²) in [6, 6.07) is 9.56. The molecule has 0 aliphatic heterocycles. The third-order valence-corrected chi connectivity index (χ3v) is 3.23. The summed E-state index contributed by atoms with van der Waals surface area (Å²) in [4.78, 5) is 14.0. The summed E-state index contributed by atoms with van der Waals surface area (Å²) in [6.07, 6.45) is -2.14. The van der Waals surface area contributed by atoms with E-state index in [2.05, 4.69) is 4.98 Å². The van der Waals surface area contributed by atoms with Gasteiger partial charge in [0.2, 0.25) is 0 Å². The van der Waals surface area contributed by atoms with Gasteiger partial charge in [0.1, 0.15) is 11.5 Å². The van der Waals surface area contributed by atoms with Gasteiger partial charge in [-0.2, -0.15) is 13.2 Å². The second kappa shape index (κ2) is 5.22. The van der Waals surface area contributed by atoms with E-state index in [1.165, 1.54) is 12.1 Å². The van der Waals surface area contributed by atoms with Gasteiger partial charge in [-0.1, -0.05) is 6.07 Å². The highest BCUT2D eigenvalue weighted by atomic mass is 19.4. The second-order valence-corrected chi connectivity index (χ2v) is 4.66. The third-order valence-electron chi connectivity index (χ3n) is 3.23. The molecule has 0 unspecified atom stereocenters. The van der Waals surface area contributed by atoms with Gasteiger partial charge < -0.3 is 9.72 Å². The molecule has 0 bridgehead atoms. The van der Waals surface area contributed by atoms with Crippen molar-refractivity contribution in [2.45, 2.75) is 6.18 Å². The Morgan fingerprint density at radius 1 is 1.05 bits per heavy atom. The van der Waals surface area contributed by atoms with Crippen LogP contribution in [0.3, 0.4) is 0 Å². The van der Waals surface area contributed by atoms with Crippen LogP contribution in [0.25, 0.3) is 10.9 Å². The third kappa shape index (κ3) is 2.55. The van der Waals surface area contributed by atoms with Gasteiger partial charge in [0.15, 0.2) is 6.29 Å². The zero-order valence-corrected chi connectivity index (χ0v) is 11.1. The highest BCUT2D eigenvalue weighted by molar-refractivity contribution is 6.00. The smallest absolute Gasteiger partial charge is 0.416 e. The standard InChI is InChI=1S/C16H10F3NO2/c17-16(18,19)11-4-6-12(7-5-11)22-14-3-1-2-13-15(14)10(9-21)8-20-13/h1-9,20H. The van der Waals surface area contributed by atoms with Crippen LogP contribution in [0.5, 0.6) is 11.5 Å². The lowest BCUT2D eigenvalue weighted by molar-refractivity contribution is -0.137. The number of aromatic nitrogens is 1. The number of rotatable bonds is 3. The van der Waals surface area contributed by atoms with Gasteiger partial charge in [0, 0.05) is 17.3 Å². The molecule has 3 aromatic rings. The summed E-state index contributed by atoms with van der Waals surface area (Å²) in [5.74, 6) is 0.666. The lowest BCUT2D eigenvalue weighted by Gasteiger charge is -2.10. The van der Waals surface area contributed by atoms with Gasteiger partial charge >= 0.3 is 6.18 Å². The highest BCUT2D eigenvalue weighted by Crippen LogP contribution is 2.34. The average molecular weight is 305 g/mol. The Labute approximate surface area is 123 Å². The number of aromatic amines is 1. The Balaban J connectivity index is 1.96. The first-order chi connectivity index (χ1) is 10.5. The van der Waals surface area contributed by atoms with Crippen molar-refractivity contribution in [2.24, 2.45) is 0 Å². The Kier molecular flexibility index (Phi) is 3.36. The van der Waals surface area contributed by atoms with E-state index >= 15 is 0 Å². The van der Waals surface area contributed by atoms with Crippen LogP contribution in [0.1, 0.15) is 15.9 Å². The van der Waals surface area contributed by atoms with Crippen molar-refractivity contribution in [3.05, 3.63) is 59.8 Å². The fourth-order valence-electron chi connectivity index (χ4n) is 2.19. The number of carbonyl (C=O) groups is 1. The lowest BCUT2D eigenvalue weighted by atomic mass is 10.1. The maximum Gasteiger partial charge on any atom is 0.416 e. The summed E-state index contributed by atoms with van der Waals surface area (Å²) in [5, 5.41) is 0.595. The van der Waals surface area contributed by atoms with E-state index in [1.807, 2.05) is 0 Å². The Morgan fingerprint density at radius 2 is 1.77 bits per heavy atom. The summed E-state index contributed by atoms with van der Waals surface area (Å²) < 4.78 is 43.2. The number of ether oxygens (including phenoxy) is 1. The van der Waals surface area contributed by atoms with Crippen molar-refractivity contribution < 1.29 is 22.7 Å². The molecule has 22 heavy (non-hydrogen) atoms. The first-order valence-corrected chi connectivity index (χ1v) is 6.39. The van der Waals surface area contributed by atoms with E-state index in [4.69, 9.17) is 4.74 Å². The molecule has 0 fully saturated rings. The number of hydrogen-bond acceptors (Lipinski definition) is 2. The minimum Gasteiger partial charge on any atom is -0.457 e. The van der Waals surface area contributed by atoms with E-state index in [-0.39, 0.29) is 5.75 Å². The molecular formula is C16H10F3NO2. The van der Waals surface area contributed by atoms with Gasteiger partial charge in [-0.05, 0) is 36.4 Å². The van der Waals surface area contributed by atoms with Crippen molar-refractivity contribution >= 4 is 17.2 Å². The quantitative estimate of drug-likeness (QED) is 0.707. The fraction of sp³-hybridized carbons (Fsp3) is 0.0625. The molecule has 6 heteroatoms. The zero-order valence-electron chi connectivity index (χ0n) is 11.1. The maximum absolute atomic E-state index is 12.5. The molecule has 1 N–H and O–H groups in total. The summed E-state index contributed by atoms with van der Waals surface area (Å²) in [6.45, 7) is 0. The minimum absolute atomic E-state index is 0.263. The van der Waals surface area contributed by atoms with E-state index in [1.54, 1.807) is 24.4 Å². The molecule has 0 atom stereocenters. The molecule has 3 nitrogen and oxygen atoms in total. The van der Waals surface area contributed by atoms with Crippen LogP contribution in [0.2, 0.25) is 0 Å². The predicted molar refractivity (Wildman–Crippen MR) is 75.2 cm³/mol. The van der Waals surface area contributed by atoms with E-state index in [0.29, 0.717) is 28.5 Å². The maximum atomic E-state index is 12.5. The van der Waals surface area contributed by atoms with E-state index < -0.39 is 11.7 Å². The number of aldehydes is 1. The van der Waals surface area contributed by atoms with Crippen LogP contribution < -0.4 is 4.74 Å². The molecule has 0 amide bonds. The van der Waals surface area contributed by atoms with Crippen LogP contribution in [0.4, 0.5) is 13.2 Å². The van der Waals surface area contributed by atoms with E-state index in [0.717, 1.165) is 12.1 Å². The SMILES string of the molecule is O=Cc1c[nH]c2cccc(Oc3ccc(C(F)(F)F)cc3)c12. The van der Waals surface area contributed by atoms with Crippen LogP contribution in [0.15, 0.2) is 48.7 Å². The van der Waals surface area contributed by atoms with Gasteiger partial charge in [-0.3, -0.25) is 4.79 Å². The van der Waals surface area contributed by atoms with Crippen LogP contribution in [0, 0.1) is 0 Å². The summed E-state index contributed by atoms with van der Waals surface area (Å²) in [5.41, 5.74) is 0.400. The van der Waals surface area contributed by atoms with E-state index in [9.17, 15) is 18.0 Å². The normalized spacial score (nSPS) is 11.6. The largest absolute Gasteiger partial charge is 0.457 e. The first-order valence-electron chi connectivity index (χ1n) is 6.39. The zero-order chi connectivity index (χ0) is 15.7. The summed E-state index contributed by atoms with van der Waals surface area (Å²) in [7, 11) is 0. The minimum atomic E-state index is -4.39. The molecule has 0 saturated carbocycles. The Bertz CT molecular complexity index is 820. The topological polar surface area (TPSA) is 42.1 Å². The lowest BCUT2D eigenvalue weighted by Crippen LogP contribution is -2.04. The van der Waals surface area contributed by atoms with Crippen molar-refractivity contribution in [1.29, 1.82) is 0 Å². The number of halogens is 3. The summed E-state index contributed by atoms with van der Waals surface area (Å²) >= 11 is 0. The molecule has 0 radical (unpaired) electrons. The van der Waals surface area contributed by atoms with Gasteiger partial charge in [-0.25, -0.2) is 0 Å². The molecule has 1 heterocycles. The molecule has 2 aromatic carbocycles. The molecule has 3 rings (SSSR count). The molecule has 0 spiro atoms. The number of nitrogens with one attached hydrogen (secondary N) is 1. The number of hydrogen-bond donors (Lipinski definition) is 1. The van der Waals surface area contributed by atoms with Crippen molar-refractivity contribution in [3.63, 3.8) is 0 Å². The van der Waals surface area contributed by atoms with Gasteiger partial charge in [0.25, 0.3) is 0 Å². The molecule has 112 valence electrons. The second-order valence-electron chi connectivity index (χ2n) is 4.66. The van der Waals surface area contributed by atoms with Crippen molar-refractivity contribution in [1.82, 2.24) is 4.98 Å². The number of alkyl halides is 3. The van der Waals surface area contributed by atoms with Gasteiger partial charge in [0.05, 0.1) is 10.9 Å². The highest BCUT2D eigenvalue weighted by Gasteiger charge is 2.30. The van der Waals surface area contributed by atoms with Gasteiger partial charge in [-0.15, -0.1) is 0 Å². The molecule has 0 saturated heterocycles. The van der Waals surface area contributed by atoms with Crippen molar-refractivity contribution in [3.8, 4) is 11.5 Å². The number of benzene rings is 2. The molecule has 1 aromatic heterocycles. The predicted octanol–water partition coefficient (Wildman–Crippen LogP) is 4.79. The monoisotopic (exact) mass is 305 g/mol. The fourth-order valence-corrected chi connectivity index (χ4v) is 2.19.